The van der Waals surface area contributed by atoms with Gasteiger partial charge in [0, 0.05) is 16.1 Å². The van der Waals surface area contributed by atoms with E-state index in [1.807, 2.05) is 48.5 Å². The molecule has 0 saturated heterocycles. The van der Waals surface area contributed by atoms with Crippen LogP contribution in [-0.2, 0) is 0 Å². The number of rotatable bonds is 1. The van der Waals surface area contributed by atoms with Crippen LogP contribution in [-0.4, -0.2) is 7.11 Å². The van der Waals surface area contributed by atoms with Crippen molar-refractivity contribution in [2.24, 2.45) is 0 Å². The molecule has 0 aliphatic carbocycles. The lowest BCUT2D eigenvalue weighted by molar-refractivity contribution is 0.415. The van der Waals surface area contributed by atoms with Crippen LogP contribution in [0.3, 0.4) is 0 Å². The van der Waals surface area contributed by atoms with E-state index in [4.69, 9.17) is 16.3 Å². The Balaban J connectivity index is 2.17. The van der Waals surface area contributed by atoms with Gasteiger partial charge in [-0.2, -0.15) is 0 Å². The minimum Gasteiger partial charge on any atom is -0.497 e. The molecule has 0 saturated carbocycles. The first-order valence-electron chi connectivity index (χ1n) is 5.19. The predicted molar refractivity (Wildman–Crippen MR) is 70.4 cm³/mol. The van der Waals surface area contributed by atoms with Crippen LogP contribution in [0.15, 0.2) is 48.5 Å². The highest BCUT2D eigenvalue weighted by molar-refractivity contribution is 6.30. The van der Waals surface area contributed by atoms with Gasteiger partial charge in [0.25, 0.3) is 0 Å². The zero-order valence-corrected chi connectivity index (χ0v) is 10.2. The SMILES string of the molecule is COc1ccc(C#Cc2ccc(Cl)cc2)cc1. The molecule has 0 aromatic heterocycles. The normalized spacial score (nSPS) is 9.29. The highest BCUT2D eigenvalue weighted by atomic mass is 35.5. The first-order valence-corrected chi connectivity index (χ1v) is 5.57. The minimum absolute atomic E-state index is 0.722. The molecule has 84 valence electrons. The monoisotopic (exact) mass is 242 g/mol. The van der Waals surface area contributed by atoms with E-state index in [-0.39, 0.29) is 0 Å². The van der Waals surface area contributed by atoms with Crippen molar-refractivity contribution >= 4 is 11.6 Å². The van der Waals surface area contributed by atoms with Crippen LogP contribution in [0.2, 0.25) is 5.02 Å². The van der Waals surface area contributed by atoms with Crippen molar-refractivity contribution < 1.29 is 4.74 Å². The smallest absolute Gasteiger partial charge is 0.118 e. The number of ether oxygens (including phenoxy) is 1. The van der Waals surface area contributed by atoms with E-state index in [1.54, 1.807) is 7.11 Å². The zero-order chi connectivity index (χ0) is 12.1. The molecule has 2 rings (SSSR count). The van der Waals surface area contributed by atoms with Gasteiger partial charge in [-0.25, -0.2) is 0 Å². The molecule has 0 N–H and O–H groups in total. The predicted octanol–water partition coefficient (Wildman–Crippen LogP) is 3.75. The molecule has 0 atom stereocenters. The maximum Gasteiger partial charge on any atom is 0.118 e. The van der Waals surface area contributed by atoms with Crippen LogP contribution >= 0.6 is 11.6 Å². The summed E-state index contributed by atoms with van der Waals surface area (Å²) in [5.74, 6) is 6.99. The largest absolute Gasteiger partial charge is 0.497 e. The highest BCUT2D eigenvalue weighted by Crippen LogP contribution is 2.11. The fourth-order valence-corrected chi connectivity index (χ4v) is 1.48. The molecule has 2 heteroatoms. The van der Waals surface area contributed by atoms with Gasteiger partial charge in [-0.15, -0.1) is 0 Å². The van der Waals surface area contributed by atoms with E-state index < -0.39 is 0 Å². The van der Waals surface area contributed by atoms with Crippen LogP contribution in [0.5, 0.6) is 5.75 Å². The molecule has 0 heterocycles. The van der Waals surface area contributed by atoms with Crippen LogP contribution in [0.4, 0.5) is 0 Å². The van der Waals surface area contributed by atoms with Crippen molar-refractivity contribution in [3.8, 4) is 17.6 Å². The molecule has 0 bridgehead atoms. The summed E-state index contributed by atoms with van der Waals surface area (Å²) in [6.07, 6.45) is 0. The molecule has 0 spiro atoms. The van der Waals surface area contributed by atoms with E-state index in [0.717, 1.165) is 21.9 Å². The number of methoxy groups -OCH3 is 1. The Labute approximate surface area is 106 Å². The molecule has 0 amide bonds. The Bertz CT molecular complexity index is 544. The van der Waals surface area contributed by atoms with E-state index >= 15 is 0 Å². The highest BCUT2D eigenvalue weighted by Gasteiger charge is 1.90. The lowest BCUT2D eigenvalue weighted by atomic mass is 10.2. The van der Waals surface area contributed by atoms with Gasteiger partial charge in [0.1, 0.15) is 5.75 Å². The molecule has 0 unspecified atom stereocenters. The number of hydrogen-bond acceptors (Lipinski definition) is 1. The summed E-state index contributed by atoms with van der Waals surface area (Å²) in [6, 6.07) is 15.1. The second-order valence-electron chi connectivity index (χ2n) is 3.49. The molecule has 1 nitrogen and oxygen atoms in total. The average Bonchev–Trinajstić information content (AvgIpc) is 2.39. The molecule has 17 heavy (non-hydrogen) atoms. The van der Waals surface area contributed by atoms with Gasteiger partial charge < -0.3 is 4.74 Å². The van der Waals surface area contributed by atoms with E-state index in [1.165, 1.54) is 0 Å². The minimum atomic E-state index is 0.722. The van der Waals surface area contributed by atoms with Gasteiger partial charge >= 0.3 is 0 Å². The van der Waals surface area contributed by atoms with E-state index in [2.05, 4.69) is 11.8 Å². The lowest BCUT2D eigenvalue weighted by Crippen LogP contribution is -1.82. The number of hydrogen-bond donors (Lipinski definition) is 0. The third-order valence-electron chi connectivity index (χ3n) is 2.29. The summed E-state index contributed by atoms with van der Waals surface area (Å²) >= 11 is 5.80. The summed E-state index contributed by atoms with van der Waals surface area (Å²) in [7, 11) is 1.65. The second-order valence-corrected chi connectivity index (χ2v) is 3.92. The Morgan fingerprint density at radius 3 is 1.76 bits per heavy atom. The first-order chi connectivity index (χ1) is 8.28. The molecule has 2 aromatic carbocycles. The van der Waals surface area contributed by atoms with Crippen LogP contribution in [0.25, 0.3) is 0 Å². The van der Waals surface area contributed by atoms with Gasteiger partial charge in [0.05, 0.1) is 7.11 Å². The Hall–Kier alpha value is -1.91. The van der Waals surface area contributed by atoms with Crippen LogP contribution in [0, 0.1) is 11.8 Å². The van der Waals surface area contributed by atoms with Gasteiger partial charge in [-0.05, 0) is 48.5 Å². The van der Waals surface area contributed by atoms with Gasteiger partial charge in [-0.1, -0.05) is 23.4 Å². The average molecular weight is 243 g/mol. The maximum absolute atomic E-state index is 5.80. The molecular formula is C15H11ClO. The first kappa shape index (κ1) is 11.6. The van der Waals surface area contributed by atoms with Gasteiger partial charge in [0.15, 0.2) is 0 Å². The van der Waals surface area contributed by atoms with Crippen molar-refractivity contribution in [1.29, 1.82) is 0 Å². The van der Waals surface area contributed by atoms with Gasteiger partial charge in [0.2, 0.25) is 0 Å². The quantitative estimate of drug-likeness (QED) is 0.692. The van der Waals surface area contributed by atoms with Crippen molar-refractivity contribution in [3.63, 3.8) is 0 Å². The Morgan fingerprint density at radius 2 is 1.29 bits per heavy atom. The van der Waals surface area contributed by atoms with Gasteiger partial charge in [-0.3, -0.25) is 0 Å². The van der Waals surface area contributed by atoms with Crippen molar-refractivity contribution in [1.82, 2.24) is 0 Å². The third-order valence-corrected chi connectivity index (χ3v) is 2.54. The fourth-order valence-electron chi connectivity index (χ4n) is 1.35. The summed E-state index contributed by atoms with van der Waals surface area (Å²) in [5, 5.41) is 0.722. The number of benzene rings is 2. The van der Waals surface area contributed by atoms with Crippen molar-refractivity contribution in [2.45, 2.75) is 0 Å². The summed E-state index contributed by atoms with van der Waals surface area (Å²) < 4.78 is 5.08. The molecule has 2 aromatic rings. The topological polar surface area (TPSA) is 9.23 Å². The van der Waals surface area contributed by atoms with Crippen LogP contribution in [0.1, 0.15) is 11.1 Å². The summed E-state index contributed by atoms with van der Waals surface area (Å²) in [6.45, 7) is 0. The molecular weight excluding hydrogens is 232 g/mol. The number of halogens is 1. The molecule has 0 aliphatic heterocycles. The lowest BCUT2D eigenvalue weighted by Gasteiger charge is -1.97. The maximum atomic E-state index is 5.80. The zero-order valence-electron chi connectivity index (χ0n) is 9.41. The Morgan fingerprint density at radius 1 is 0.824 bits per heavy atom. The molecule has 0 radical (unpaired) electrons. The molecule has 0 fully saturated rings. The van der Waals surface area contributed by atoms with Crippen molar-refractivity contribution in [2.75, 3.05) is 7.11 Å². The third kappa shape index (κ3) is 3.27. The summed E-state index contributed by atoms with van der Waals surface area (Å²) in [5.41, 5.74) is 1.91. The van der Waals surface area contributed by atoms with Crippen molar-refractivity contribution in [3.05, 3.63) is 64.7 Å². The van der Waals surface area contributed by atoms with Crippen LogP contribution < -0.4 is 4.74 Å². The molecule has 0 aliphatic rings. The Kier molecular flexibility index (Phi) is 3.69. The fraction of sp³-hybridized carbons (Fsp3) is 0.0667. The van der Waals surface area contributed by atoms with E-state index in [9.17, 15) is 0 Å². The summed E-state index contributed by atoms with van der Waals surface area (Å²) in [4.78, 5) is 0. The van der Waals surface area contributed by atoms with E-state index in [0.29, 0.717) is 0 Å². The standard InChI is InChI=1S/C15H11ClO/c1-17-15-10-6-13(7-11-15)3-2-12-4-8-14(16)9-5-12/h4-11H,1H3. The second kappa shape index (κ2) is 5.43.